The fourth-order valence-corrected chi connectivity index (χ4v) is 3.64. The molecule has 3 aromatic carbocycles. The minimum absolute atomic E-state index is 0.00367. The molecular formula is C24H22N2O2. The fraction of sp³-hybridized carbons (Fsp3) is 0.167. The lowest BCUT2D eigenvalue weighted by Crippen LogP contribution is -2.32. The first kappa shape index (κ1) is 18.0. The summed E-state index contributed by atoms with van der Waals surface area (Å²) >= 11 is 0. The Morgan fingerprint density at radius 3 is 2.29 bits per heavy atom. The molecule has 2 amide bonds. The van der Waals surface area contributed by atoms with Crippen LogP contribution in [0.25, 0.3) is 11.1 Å². The van der Waals surface area contributed by atoms with Crippen LogP contribution in [-0.2, 0) is 16.1 Å². The number of carbonyl (C=O) groups is 2. The topological polar surface area (TPSA) is 49.4 Å². The van der Waals surface area contributed by atoms with Crippen molar-refractivity contribution < 1.29 is 9.59 Å². The second-order valence-corrected chi connectivity index (χ2v) is 6.98. The molecule has 1 saturated heterocycles. The highest BCUT2D eigenvalue weighted by atomic mass is 16.2. The van der Waals surface area contributed by atoms with E-state index in [1.54, 1.807) is 4.90 Å². The number of rotatable bonds is 5. The maximum atomic E-state index is 12.7. The number of carbonyl (C=O) groups excluding carboxylic acids is 2. The van der Waals surface area contributed by atoms with Crippen LogP contribution in [0.2, 0.25) is 0 Å². The summed E-state index contributed by atoms with van der Waals surface area (Å²) in [5.74, 6) is -0.401. The van der Waals surface area contributed by atoms with Gasteiger partial charge in [-0.2, -0.15) is 0 Å². The van der Waals surface area contributed by atoms with Gasteiger partial charge in [0, 0.05) is 25.2 Å². The molecule has 3 aromatic rings. The largest absolute Gasteiger partial charge is 0.352 e. The standard InChI is InChI=1S/C24H22N2O2/c27-23-15-20(17-26(23)21-12-5-2-6-13-21)24(28)25-16-19-11-7-8-14-22(19)18-9-3-1-4-10-18/h1-14,20H,15-17H2,(H,25,28). The van der Waals surface area contributed by atoms with Crippen LogP contribution in [0.15, 0.2) is 84.9 Å². The summed E-state index contributed by atoms with van der Waals surface area (Å²) in [5.41, 5.74) is 4.14. The van der Waals surface area contributed by atoms with E-state index in [1.807, 2.05) is 66.7 Å². The summed E-state index contributed by atoms with van der Waals surface area (Å²) in [5, 5.41) is 3.03. The summed E-state index contributed by atoms with van der Waals surface area (Å²) < 4.78 is 0. The quantitative estimate of drug-likeness (QED) is 0.737. The first-order valence-corrected chi connectivity index (χ1v) is 9.49. The third-order valence-electron chi connectivity index (χ3n) is 5.12. The predicted molar refractivity (Wildman–Crippen MR) is 111 cm³/mol. The van der Waals surface area contributed by atoms with E-state index in [0.29, 0.717) is 13.1 Å². The Hall–Kier alpha value is -3.40. The maximum Gasteiger partial charge on any atom is 0.227 e. The van der Waals surface area contributed by atoms with E-state index >= 15 is 0 Å². The molecule has 0 aliphatic carbocycles. The number of nitrogens with one attached hydrogen (secondary N) is 1. The summed E-state index contributed by atoms with van der Waals surface area (Å²) in [4.78, 5) is 26.7. The molecule has 0 radical (unpaired) electrons. The van der Waals surface area contributed by atoms with Crippen molar-refractivity contribution in [2.45, 2.75) is 13.0 Å². The van der Waals surface area contributed by atoms with Crippen molar-refractivity contribution in [2.75, 3.05) is 11.4 Å². The predicted octanol–water partition coefficient (Wildman–Crippen LogP) is 4.02. The lowest BCUT2D eigenvalue weighted by Gasteiger charge is -2.17. The van der Waals surface area contributed by atoms with Crippen molar-refractivity contribution in [1.29, 1.82) is 0 Å². The third-order valence-corrected chi connectivity index (χ3v) is 5.12. The zero-order valence-electron chi connectivity index (χ0n) is 15.5. The van der Waals surface area contributed by atoms with Gasteiger partial charge in [0.2, 0.25) is 11.8 Å². The highest BCUT2D eigenvalue weighted by molar-refractivity contribution is 6.00. The van der Waals surface area contributed by atoms with E-state index in [4.69, 9.17) is 0 Å². The lowest BCUT2D eigenvalue weighted by molar-refractivity contribution is -0.126. The Kier molecular flexibility index (Phi) is 5.20. The summed E-state index contributed by atoms with van der Waals surface area (Å²) in [6.07, 6.45) is 0.251. The molecule has 1 aliphatic rings. The second-order valence-electron chi connectivity index (χ2n) is 6.98. The van der Waals surface area contributed by atoms with Gasteiger partial charge in [0.15, 0.2) is 0 Å². The molecule has 4 nitrogen and oxygen atoms in total. The minimum Gasteiger partial charge on any atom is -0.352 e. The number of nitrogens with zero attached hydrogens (tertiary/aromatic N) is 1. The average Bonchev–Trinajstić information content (AvgIpc) is 3.15. The lowest BCUT2D eigenvalue weighted by atomic mass is 9.99. The van der Waals surface area contributed by atoms with Crippen LogP contribution in [0, 0.1) is 5.92 Å². The van der Waals surface area contributed by atoms with E-state index in [0.717, 1.165) is 22.4 Å². The van der Waals surface area contributed by atoms with Crippen LogP contribution in [0.5, 0.6) is 0 Å². The van der Waals surface area contributed by atoms with Gasteiger partial charge in [0.1, 0.15) is 0 Å². The number of benzene rings is 3. The van der Waals surface area contributed by atoms with E-state index in [-0.39, 0.29) is 24.2 Å². The Balaban J connectivity index is 1.43. The van der Waals surface area contributed by atoms with Gasteiger partial charge in [-0.1, -0.05) is 72.8 Å². The molecule has 140 valence electrons. The van der Waals surface area contributed by atoms with Crippen molar-refractivity contribution in [1.82, 2.24) is 5.32 Å². The Bertz CT molecular complexity index is 970. The second kappa shape index (κ2) is 8.09. The minimum atomic E-state index is -0.323. The van der Waals surface area contributed by atoms with Crippen molar-refractivity contribution in [3.63, 3.8) is 0 Å². The monoisotopic (exact) mass is 370 g/mol. The van der Waals surface area contributed by atoms with Gasteiger partial charge in [0.05, 0.1) is 5.92 Å². The SMILES string of the molecule is O=C(NCc1ccccc1-c1ccccc1)C1CC(=O)N(c2ccccc2)C1. The first-order valence-electron chi connectivity index (χ1n) is 9.49. The van der Waals surface area contributed by atoms with Crippen LogP contribution in [0.3, 0.4) is 0 Å². The molecule has 1 N–H and O–H groups in total. The molecule has 1 atom stereocenters. The van der Waals surface area contributed by atoms with Crippen LogP contribution < -0.4 is 10.2 Å². The highest BCUT2D eigenvalue weighted by Crippen LogP contribution is 2.26. The van der Waals surface area contributed by atoms with Gasteiger partial charge in [-0.25, -0.2) is 0 Å². The molecule has 0 spiro atoms. The van der Waals surface area contributed by atoms with Crippen LogP contribution >= 0.6 is 0 Å². The molecule has 0 bridgehead atoms. The van der Waals surface area contributed by atoms with Gasteiger partial charge >= 0.3 is 0 Å². The third kappa shape index (κ3) is 3.81. The van der Waals surface area contributed by atoms with Crippen LogP contribution in [-0.4, -0.2) is 18.4 Å². The van der Waals surface area contributed by atoms with Crippen LogP contribution in [0.1, 0.15) is 12.0 Å². The molecule has 28 heavy (non-hydrogen) atoms. The van der Waals surface area contributed by atoms with Gasteiger partial charge in [-0.3, -0.25) is 9.59 Å². The van der Waals surface area contributed by atoms with Crippen molar-refractivity contribution in [2.24, 2.45) is 5.92 Å². The zero-order valence-corrected chi connectivity index (χ0v) is 15.5. The molecule has 0 aromatic heterocycles. The Morgan fingerprint density at radius 1 is 0.893 bits per heavy atom. The number of amides is 2. The van der Waals surface area contributed by atoms with Crippen molar-refractivity contribution in [3.05, 3.63) is 90.5 Å². The summed E-state index contributed by atoms with van der Waals surface area (Å²) in [7, 11) is 0. The van der Waals surface area contributed by atoms with E-state index in [2.05, 4.69) is 23.5 Å². The number of hydrogen-bond acceptors (Lipinski definition) is 2. The molecule has 1 heterocycles. The molecular weight excluding hydrogens is 348 g/mol. The van der Waals surface area contributed by atoms with Crippen LogP contribution in [0.4, 0.5) is 5.69 Å². The highest BCUT2D eigenvalue weighted by Gasteiger charge is 2.34. The average molecular weight is 370 g/mol. The Morgan fingerprint density at radius 2 is 1.54 bits per heavy atom. The van der Waals surface area contributed by atoms with E-state index in [1.165, 1.54) is 0 Å². The van der Waals surface area contributed by atoms with Crippen molar-refractivity contribution >= 4 is 17.5 Å². The van der Waals surface area contributed by atoms with Gasteiger partial charge in [-0.05, 0) is 28.8 Å². The normalized spacial score (nSPS) is 16.2. The molecule has 0 saturated carbocycles. The smallest absolute Gasteiger partial charge is 0.227 e. The van der Waals surface area contributed by atoms with Gasteiger partial charge in [0.25, 0.3) is 0 Å². The molecule has 1 aliphatic heterocycles. The zero-order chi connectivity index (χ0) is 19.3. The van der Waals surface area contributed by atoms with E-state index < -0.39 is 0 Å². The Labute approximate surface area is 164 Å². The molecule has 1 unspecified atom stereocenters. The van der Waals surface area contributed by atoms with Gasteiger partial charge in [-0.15, -0.1) is 0 Å². The fourth-order valence-electron chi connectivity index (χ4n) is 3.64. The molecule has 4 rings (SSSR count). The molecule has 4 heteroatoms. The molecule has 1 fully saturated rings. The first-order chi connectivity index (χ1) is 13.7. The number of hydrogen-bond donors (Lipinski definition) is 1. The van der Waals surface area contributed by atoms with E-state index in [9.17, 15) is 9.59 Å². The summed E-state index contributed by atoms with van der Waals surface area (Å²) in [6, 6.07) is 27.7. The maximum absolute atomic E-state index is 12.7. The summed E-state index contributed by atoms with van der Waals surface area (Å²) in [6.45, 7) is 0.870. The van der Waals surface area contributed by atoms with Crippen molar-refractivity contribution in [3.8, 4) is 11.1 Å². The number of para-hydroxylation sites is 1. The number of anilines is 1. The van der Waals surface area contributed by atoms with Gasteiger partial charge < -0.3 is 10.2 Å².